The first-order valence-electron chi connectivity index (χ1n) is 8.90. The van der Waals surface area contributed by atoms with Crippen LogP contribution in [0.25, 0.3) is 0 Å². The molecule has 2 atom stereocenters. The van der Waals surface area contributed by atoms with E-state index in [2.05, 4.69) is 24.1 Å². The van der Waals surface area contributed by atoms with Gasteiger partial charge in [0.15, 0.2) is 0 Å². The first-order valence-corrected chi connectivity index (χ1v) is 10.5. The second-order valence-corrected chi connectivity index (χ2v) is 10.1. The molecular weight excluding hydrogens is 355 g/mol. The van der Waals surface area contributed by atoms with Crippen LogP contribution in [0.3, 0.4) is 0 Å². The minimum atomic E-state index is -4.64. The Hall–Kier alpha value is -1.27. The molecule has 4 saturated carbocycles. The van der Waals surface area contributed by atoms with E-state index in [1.54, 1.807) is 12.4 Å². The highest BCUT2D eigenvalue weighted by molar-refractivity contribution is 7.45. The van der Waals surface area contributed by atoms with Crippen LogP contribution in [-0.2, 0) is 4.57 Å². The van der Waals surface area contributed by atoms with Gasteiger partial charge in [-0.2, -0.15) is 0 Å². The lowest BCUT2D eigenvalue weighted by Gasteiger charge is -2.65. The minimum Gasteiger partial charge on any atom is -0.347 e. The minimum absolute atomic E-state index is 0.0237. The number of carbonyl (C=O) groups excluding carboxylic acids is 1. The smallest absolute Gasteiger partial charge is 0.347 e. The lowest BCUT2D eigenvalue weighted by Crippen LogP contribution is -2.65. The Balaban J connectivity index is 0.000000349. The molecule has 1 heterocycles. The number of hydrogen-bond acceptors (Lipinski definition) is 3. The van der Waals surface area contributed by atoms with Crippen molar-refractivity contribution in [2.75, 3.05) is 0 Å². The number of aromatic nitrogens is 1. The third kappa shape index (κ3) is 4.52. The summed E-state index contributed by atoms with van der Waals surface area (Å²) >= 11 is 0. The summed E-state index contributed by atoms with van der Waals surface area (Å²) in [7, 11) is -4.64. The summed E-state index contributed by atoms with van der Waals surface area (Å²) < 4.78 is 8.88. The van der Waals surface area contributed by atoms with Gasteiger partial charge in [0.25, 0.3) is 5.91 Å². The van der Waals surface area contributed by atoms with Crippen LogP contribution < -0.4 is 5.32 Å². The topological polar surface area (TPSA) is 120 Å². The van der Waals surface area contributed by atoms with E-state index in [1.165, 1.54) is 25.7 Å². The predicted molar refractivity (Wildman–Crippen MR) is 96.1 cm³/mol. The summed E-state index contributed by atoms with van der Waals surface area (Å²) in [4.78, 5) is 38.2. The van der Waals surface area contributed by atoms with E-state index in [4.69, 9.17) is 19.2 Å². The average Bonchev–Trinajstić information content (AvgIpc) is 2.41. The fraction of sp³-hybridized carbons (Fsp3) is 0.667. The zero-order chi connectivity index (χ0) is 19.2. The molecule has 4 aliphatic rings. The Morgan fingerprint density at radius 1 is 1.15 bits per heavy atom. The predicted octanol–water partition coefficient (Wildman–Crippen LogP) is 2.63. The Labute approximate surface area is 153 Å². The molecule has 4 fully saturated rings. The molecule has 0 aromatic carbocycles. The van der Waals surface area contributed by atoms with Crippen molar-refractivity contribution >= 4 is 13.7 Å². The summed E-state index contributed by atoms with van der Waals surface area (Å²) in [6.45, 7) is 4.86. The summed E-state index contributed by atoms with van der Waals surface area (Å²) in [5, 5.41) is 3.41. The molecule has 4 N–H and O–H groups in total. The molecule has 1 amide bonds. The van der Waals surface area contributed by atoms with E-state index in [1.807, 2.05) is 12.1 Å². The van der Waals surface area contributed by atoms with E-state index >= 15 is 0 Å². The molecule has 8 heteroatoms. The van der Waals surface area contributed by atoms with E-state index in [0.717, 1.165) is 18.8 Å². The molecule has 0 radical (unpaired) electrons. The van der Waals surface area contributed by atoms with E-state index < -0.39 is 7.82 Å². The number of phosphoric acid groups is 1. The quantitative estimate of drug-likeness (QED) is 0.584. The van der Waals surface area contributed by atoms with Crippen molar-refractivity contribution in [2.45, 2.75) is 57.9 Å². The van der Waals surface area contributed by atoms with Crippen LogP contribution in [0.5, 0.6) is 0 Å². The maximum atomic E-state index is 12.6. The molecule has 144 valence electrons. The standard InChI is InChI=1S/C18H24N2O.H3O4P/c1-16-6-13-7-17(2,10-16)12-18(8-13,11-16)20-15(21)14-4-3-5-19-9-14;1-5(2,3)4/h3-5,9,13H,6-8,10-12H2,1-2H3,(H,20,21);(H3,1,2,3,4). The molecule has 2 unspecified atom stereocenters. The number of hydrogen-bond donors (Lipinski definition) is 4. The van der Waals surface area contributed by atoms with Gasteiger partial charge in [-0.05, 0) is 67.4 Å². The van der Waals surface area contributed by atoms with Crippen LogP contribution in [0.15, 0.2) is 24.5 Å². The molecule has 1 aromatic heterocycles. The van der Waals surface area contributed by atoms with Crippen LogP contribution in [0, 0.1) is 16.7 Å². The Kier molecular flexibility index (Phi) is 4.81. The number of amides is 1. The van der Waals surface area contributed by atoms with Gasteiger partial charge in [-0.3, -0.25) is 9.78 Å². The largest absolute Gasteiger partial charge is 0.466 e. The van der Waals surface area contributed by atoms with Crippen molar-refractivity contribution in [3.05, 3.63) is 30.1 Å². The maximum absolute atomic E-state index is 12.6. The SMILES string of the molecule is CC12CC3CC(C)(C1)CC(NC(=O)c1cccnc1)(C3)C2.O=P(O)(O)O. The average molecular weight is 382 g/mol. The fourth-order valence-corrected chi connectivity index (χ4v) is 6.40. The first-order chi connectivity index (χ1) is 11.9. The normalized spacial score (nSPS) is 37.7. The van der Waals surface area contributed by atoms with E-state index in [-0.39, 0.29) is 11.4 Å². The fourth-order valence-electron chi connectivity index (χ4n) is 6.40. The molecule has 26 heavy (non-hydrogen) atoms. The molecule has 1 aromatic rings. The van der Waals surface area contributed by atoms with Crippen molar-refractivity contribution in [1.82, 2.24) is 10.3 Å². The molecule has 0 saturated heterocycles. The highest BCUT2D eigenvalue weighted by Gasteiger charge is 2.60. The van der Waals surface area contributed by atoms with Gasteiger partial charge < -0.3 is 20.0 Å². The van der Waals surface area contributed by atoms with E-state index in [0.29, 0.717) is 16.4 Å². The summed E-state index contributed by atoms with van der Waals surface area (Å²) in [6, 6.07) is 3.68. The third-order valence-electron chi connectivity index (χ3n) is 5.93. The molecule has 5 rings (SSSR count). The zero-order valence-electron chi connectivity index (χ0n) is 15.2. The Morgan fingerprint density at radius 3 is 2.19 bits per heavy atom. The molecule has 4 bridgehead atoms. The van der Waals surface area contributed by atoms with Crippen molar-refractivity contribution in [3.63, 3.8) is 0 Å². The Bertz CT molecular complexity index is 708. The van der Waals surface area contributed by atoms with Gasteiger partial charge in [0.1, 0.15) is 0 Å². The number of pyridine rings is 1. The zero-order valence-corrected chi connectivity index (χ0v) is 16.1. The molecule has 0 spiro atoms. The number of rotatable bonds is 2. The highest BCUT2D eigenvalue weighted by Crippen LogP contribution is 2.66. The Morgan fingerprint density at radius 2 is 1.73 bits per heavy atom. The first kappa shape index (κ1) is 19.5. The van der Waals surface area contributed by atoms with Crippen LogP contribution in [0.1, 0.15) is 62.7 Å². The van der Waals surface area contributed by atoms with Gasteiger partial charge in [0, 0.05) is 17.9 Å². The van der Waals surface area contributed by atoms with Crippen molar-refractivity contribution in [3.8, 4) is 0 Å². The summed E-state index contributed by atoms with van der Waals surface area (Å²) in [5.74, 6) is 0.850. The highest BCUT2D eigenvalue weighted by atomic mass is 31.2. The van der Waals surface area contributed by atoms with Gasteiger partial charge >= 0.3 is 7.82 Å². The van der Waals surface area contributed by atoms with Crippen molar-refractivity contribution < 1.29 is 24.0 Å². The van der Waals surface area contributed by atoms with Crippen molar-refractivity contribution in [2.24, 2.45) is 16.7 Å². The van der Waals surface area contributed by atoms with Crippen LogP contribution in [0.4, 0.5) is 0 Å². The lowest BCUT2D eigenvalue weighted by atomic mass is 9.43. The van der Waals surface area contributed by atoms with Gasteiger partial charge in [-0.25, -0.2) is 4.57 Å². The van der Waals surface area contributed by atoms with Gasteiger partial charge in [0.2, 0.25) is 0 Å². The summed E-state index contributed by atoms with van der Waals surface area (Å²) in [5.41, 5.74) is 1.56. The molecule has 0 aliphatic heterocycles. The second kappa shape index (κ2) is 6.41. The van der Waals surface area contributed by atoms with Gasteiger partial charge in [0.05, 0.1) is 5.56 Å². The molecule has 7 nitrogen and oxygen atoms in total. The van der Waals surface area contributed by atoms with Crippen LogP contribution >= 0.6 is 7.82 Å². The molecule has 4 aliphatic carbocycles. The van der Waals surface area contributed by atoms with Crippen LogP contribution in [0.2, 0.25) is 0 Å². The monoisotopic (exact) mass is 382 g/mol. The van der Waals surface area contributed by atoms with Gasteiger partial charge in [-0.1, -0.05) is 13.8 Å². The maximum Gasteiger partial charge on any atom is 0.466 e. The van der Waals surface area contributed by atoms with Gasteiger partial charge in [-0.15, -0.1) is 0 Å². The second-order valence-electron chi connectivity index (χ2n) is 9.12. The van der Waals surface area contributed by atoms with E-state index in [9.17, 15) is 4.79 Å². The lowest BCUT2D eigenvalue weighted by molar-refractivity contribution is -0.114. The van der Waals surface area contributed by atoms with Crippen LogP contribution in [-0.4, -0.2) is 31.1 Å². The third-order valence-corrected chi connectivity index (χ3v) is 5.93. The van der Waals surface area contributed by atoms with Crippen molar-refractivity contribution in [1.29, 1.82) is 0 Å². The molecular formula is C18H27N2O5P. The summed E-state index contributed by atoms with van der Waals surface area (Å²) in [6.07, 6.45) is 10.9. The number of nitrogens with one attached hydrogen (secondary N) is 1. The number of carbonyl (C=O) groups is 1. The number of nitrogens with zero attached hydrogens (tertiary/aromatic N) is 1.